The molecule has 1 N–H and O–H groups in total. The molecule has 0 spiro atoms. The Bertz CT molecular complexity index is 660. The van der Waals surface area contributed by atoms with E-state index in [9.17, 15) is 9.90 Å². The molecular formula is C17H17NO3. The van der Waals surface area contributed by atoms with Crippen molar-refractivity contribution >= 4 is 17.7 Å². The standard InChI is InChI=1S/C17H17NO3/c1-3-21-16-9-6-14(17(20)10-16)11-18-15-7-4-13(5-8-15)12(2)19/h4-11,20H,3H2,1-2H3. The molecule has 0 bridgehead atoms. The highest BCUT2D eigenvalue weighted by molar-refractivity contribution is 5.94. The van der Waals surface area contributed by atoms with E-state index in [4.69, 9.17) is 4.74 Å². The number of hydrogen-bond donors (Lipinski definition) is 1. The van der Waals surface area contributed by atoms with E-state index in [1.165, 1.54) is 6.92 Å². The number of aromatic hydroxyl groups is 1. The van der Waals surface area contributed by atoms with E-state index in [1.54, 1.807) is 48.7 Å². The molecule has 0 saturated heterocycles. The van der Waals surface area contributed by atoms with Crippen LogP contribution in [0.15, 0.2) is 47.5 Å². The summed E-state index contributed by atoms with van der Waals surface area (Å²) in [5.41, 5.74) is 1.97. The normalized spacial score (nSPS) is 10.8. The van der Waals surface area contributed by atoms with E-state index in [1.807, 2.05) is 6.92 Å². The monoisotopic (exact) mass is 283 g/mol. The van der Waals surface area contributed by atoms with Crippen molar-refractivity contribution in [3.8, 4) is 11.5 Å². The van der Waals surface area contributed by atoms with Crippen molar-refractivity contribution in [1.82, 2.24) is 0 Å². The number of rotatable bonds is 5. The molecular weight excluding hydrogens is 266 g/mol. The van der Waals surface area contributed by atoms with Crippen molar-refractivity contribution < 1.29 is 14.6 Å². The van der Waals surface area contributed by atoms with E-state index in [-0.39, 0.29) is 11.5 Å². The number of ketones is 1. The molecule has 21 heavy (non-hydrogen) atoms. The van der Waals surface area contributed by atoms with Gasteiger partial charge < -0.3 is 9.84 Å². The average Bonchev–Trinajstić information content (AvgIpc) is 2.47. The van der Waals surface area contributed by atoms with Crippen LogP contribution in [0.3, 0.4) is 0 Å². The molecule has 2 aromatic carbocycles. The minimum absolute atomic E-state index is 0.0229. The Balaban J connectivity index is 2.15. The molecule has 0 amide bonds. The van der Waals surface area contributed by atoms with Gasteiger partial charge in [-0.15, -0.1) is 0 Å². The summed E-state index contributed by atoms with van der Waals surface area (Å²) < 4.78 is 5.30. The fourth-order valence-corrected chi connectivity index (χ4v) is 1.82. The van der Waals surface area contributed by atoms with E-state index in [0.717, 1.165) is 0 Å². The molecule has 0 saturated carbocycles. The van der Waals surface area contributed by atoms with Crippen molar-refractivity contribution in [1.29, 1.82) is 0 Å². The number of benzene rings is 2. The number of aliphatic imine (C=N–C) groups is 1. The van der Waals surface area contributed by atoms with Gasteiger partial charge in [0.25, 0.3) is 0 Å². The Morgan fingerprint density at radius 3 is 2.52 bits per heavy atom. The maximum Gasteiger partial charge on any atom is 0.159 e. The molecule has 2 aromatic rings. The number of carbonyl (C=O) groups excluding carboxylic acids is 1. The predicted octanol–water partition coefficient (Wildman–Crippen LogP) is 3.74. The Kier molecular flexibility index (Phi) is 4.72. The molecule has 0 unspecified atom stereocenters. The fourth-order valence-electron chi connectivity index (χ4n) is 1.82. The van der Waals surface area contributed by atoms with Gasteiger partial charge >= 0.3 is 0 Å². The van der Waals surface area contributed by atoms with Gasteiger partial charge in [-0.1, -0.05) is 0 Å². The largest absolute Gasteiger partial charge is 0.507 e. The number of phenols is 1. The lowest BCUT2D eigenvalue weighted by Crippen LogP contribution is -1.92. The van der Waals surface area contributed by atoms with E-state index in [0.29, 0.717) is 29.2 Å². The summed E-state index contributed by atoms with van der Waals surface area (Å²) in [6.07, 6.45) is 1.58. The smallest absolute Gasteiger partial charge is 0.159 e. The van der Waals surface area contributed by atoms with Crippen LogP contribution in [-0.2, 0) is 0 Å². The van der Waals surface area contributed by atoms with E-state index in [2.05, 4.69) is 4.99 Å². The van der Waals surface area contributed by atoms with Crippen LogP contribution >= 0.6 is 0 Å². The minimum Gasteiger partial charge on any atom is -0.507 e. The van der Waals surface area contributed by atoms with Crippen LogP contribution in [0, 0.1) is 0 Å². The zero-order valence-electron chi connectivity index (χ0n) is 12.0. The molecule has 2 rings (SSSR count). The van der Waals surface area contributed by atoms with Crippen molar-refractivity contribution in [2.24, 2.45) is 4.99 Å². The first kappa shape index (κ1) is 14.8. The van der Waals surface area contributed by atoms with Gasteiger partial charge in [-0.25, -0.2) is 0 Å². The van der Waals surface area contributed by atoms with Crippen LogP contribution in [0.2, 0.25) is 0 Å². The Morgan fingerprint density at radius 1 is 1.24 bits per heavy atom. The minimum atomic E-state index is 0.0229. The van der Waals surface area contributed by atoms with Gasteiger partial charge in [0, 0.05) is 23.4 Å². The summed E-state index contributed by atoms with van der Waals surface area (Å²) in [4.78, 5) is 15.5. The van der Waals surface area contributed by atoms with Gasteiger partial charge in [0.05, 0.1) is 12.3 Å². The number of phenolic OH excluding ortho intramolecular Hbond substituents is 1. The quantitative estimate of drug-likeness (QED) is 0.671. The number of Topliss-reactive ketones (excluding diaryl/α,β-unsaturated/α-hetero) is 1. The van der Waals surface area contributed by atoms with Crippen LogP contribution in [0.5, 0.6) is 11.5 Å². The topological polar surface area (TPSA) is 58.9 Å². The van der Waals surface area contributed by atoms with Crippen molar-refractivity contribution in [3.05, 3.63) is 53.6 Å². The summed E-state index contributed by atoms with van der Waals surface area (Å²) in [5.74, 6) is 0.762. The lowest BCUT2D eigenvalue weighted by Gasteiger charge is -2.04. The summed E-state index contributed by atoms with van der Waals surface area (Å²) in [7, 11) is 0. The second kappa shape index (κ2) is 6.70. The average molecular weight is 283 g/mol. The van der Waals surface area contributed by atoms with Gasteiger partial charge in [-0.3, -0.25) is 9.79 Å². The third kappa shape index (κ3) is 3.92. The molecule has 0 fully saturated rings. The number of carbonyl (C=O) groups is 1. The van der Waals surface area contributed by atoms with Crippen molar-refractivity contribution in [3.63, 3.8) is 0 Å². The highest BCUT2D eigenvalue weighted by atomic mass is 16.5. The Morgan fingerprint density at radius 2 is 1.95 bits per heavy atom. The zero-order valence-corrected chi connectivity index (χ0v) is 12.0. The van der Waals surface area contributed by atoms with Gasteiger partial charge in [-0.2, -0.15) is 0 Å². The summed E-state index contributed by atoms with van der Waals surface area (Å²) in [6, 6.07) is 12.1. The first-order valence-electron chi connectivity index (χ1n) is 6.71. The maximum atomic E-state index is 11.2. The van der Waals surface area contributed by atoms with Crippen molar-refractivity contribution in [2.45, 2.75) is 13.8 Å². The van der Waals surface area contributed by atoms with E-state index < -0.39 is 0 Å². The second-order valence-electron chi connectivity index (χ2n) is 4.51. The summed E-state index contributed by atoms with van der Waals surface area (Å²) >= 11 is 0. The summed E-state index contributed by atoms with van der Waals surface area (Å²) in [5, 5.41) is 9.90. The molecule has 0 atom stereocenters. The molecule has 0 heterocycles. The van der Waals surface area contributed by atoms with Gasteiger partial charge in [-0.05, 0) is 50.2 Å². The van der Waals surface area contributed by atoms with Gasteiger partial charge in [0.15, 0.2) is 5.78 Å². The first-order valence-corrected chi connectivity index (χ1v) is 6.71. The molecule has 0 aliphatic heterocycles. The predicted molar refractivity (Wildman–Crippen MR) is 83.0 cm³/mol. The number of nitrogens with zero attached hydrogens (tertiary/aromatic N) is 1. The second-order valence-corrected chi connectivity index (χ2v) is 4.51. The highest BCUT2D eigenvalue weighted by Gasteiger charge is 2.01. The zero-order chi connectivity index (χ0) is 15.2. The fraction of sp³-hybridized carbons (Fsp3) is 0.176. The number of ether oxygens (including phenoxy) is 1. The third-order valence-corrected chi connectivity index (χ3v) is 2.94. The number of hydrogen-bond acceptors (Lipinski definition) is 4. The van der Waals surface area contributed by atoms with Gasteiger partial charge in [0.2, 0.25) is 0 Å². The Labute approximate surface area is 123 Å². The van der Waals surface area contributed by atoms with Crippen LogP contribution in [0.1, 0.15) is 29.8 Å². The van der Waals surface area contributed by atoms with Crippen LogP contribution in [0.25, 0.3) is 0 Å². The molecule has 0 radical (unpaired) electrons. The van der Waals surface area contributed by atoms with Crippen LogP contribution < -0.4 is 4.74 Å². The van der Waals surface area contributed by atoms with E-state index >= 15 is 0 Å². The summed E-state index contributed by atoms with van der Waals surface area (Å²) in [6.45, 7) is 3.96. The molecule has 0 aromatic heterocycles. The first-order chi connectivity index (χ1) is 10.1. The molecule has 4 heteroatoms. The molecule has 4 nitrogen and oxygen atoms in total. The van der Waals surface area contributed by atoms with Crippen LogP contribution in [0.4, 0.5) is 5.69 Å². The lowest BCUT2D eigenvalue weighted by molar-refractivity contribution is 0.101. The SMILES string of the molecule is CCOc1ccc(C=Nc2ccc(C(C)=O)cc2)c(O)c1. The Hall–Kier alpha value is -2.62. The third-order valence-electron chi connectivity index (χ3n) is 2.94. The highest BCUT2D eigenvalue weighted by Crippen LogP contribution is 2.23. The van der Waals surface area contributed by atoms with Gasteiger partial charge in [0.1, 0.15) is 11.5 Å². The van der Waals surface area contributed by atoms with Crippen molar-refractivity contribution in [2.75, 3.05) is 6.61 Å². The molecule has 0 aliphatic rings. The maximum absolute atomic E-state index is 11.2. The van der Waals surface area contributed by atoms with Crippen LogP contribution in [-0.4, -0.2) is 23.7 Å². The molecule has 108 valence electrons. The lowest BCUT2D eigenvalue weighted by atomic mass is 10.1. The molecule has 0 aliphatic carbocycles.